The molecule has 0 saturated carbocycles. The summed E-state index contributed by atoms with van der Waals surface area (Å²) in [6.07, 6.45) is -0.0301. The fourth-order valence-corrected chi connectivity index (χ4v) is 1.00. The highest BCUT2D eigenvalue weighted by Gasteiger charge is 2.33. The van der Waals surface area contributed by atoms with Crippen molar-refractivity contribution in [2.75, 3.05) is 0 Å². The monoisotopic (exact) mass is 164 g/mol. The van der Waals surface area contributed by atoms with Crippen LogP contribution in [0.2, 0.25) is 0 Å². The molecule has 0 bridgehead atoms. The standard InChI is InChI=1S/C9H18F2/c1-7(2)8(3,4)6-9(5,10)11/h7H,6H2,1-5H3. The second-order valence-corrected chi connectivity index (χ2v) is 4.39. The van der Waals surface area contributed by atoms with Crippen LogP contribution in [0.15, 0.2) is 0 Å². The van der Waals surface area contributed by atoms with Crippen molar-refractivity contribution >= 4 is 0 Å². The van der Waals surface area contributed by atoms with Crippen LogP contribution in [0.5, 0.6) is 0 Å². The Morgan fingerprint density at radius 2 is 1.45 bits per heavy atom. The molecule has 0 atom stereocenters. The highest BCUT2D eigenvalue weighted by atomic mass is 19.3. The third-order valence-electron chi connectivity index (χ3n) is 2.33. The minimum atomic E-state index is -2.53. The highest BCUT2D eigenvalue weighted by molar-refractivity contribution is 4.77. The summed E-state index contributed by atoms with van der Waals surface area (Å²) in [6, 6.07) is 0. The maximum Gasteiger partial charge on any atom is 0.245 e. The molecule has 0 aliphatic carbocycles. The van der Waals surface area contributed by atoms with Gasteiger partial charge < -0.3 is 0 Å². The summed E-state index contributed by atoms with van der Waals surface area (Å²) in [4.78, 5) is 0. The van der Waals surface area contributed by atoms with Crippen LogP contribution in [0.25, 0.3) is 0 Å². The fourth-order valence-electron chi connectivity index (χ4n) is 1.00. The van der Waals surface area contributed by atoms with Gasteiger partial charge in [-0.05, 0) is 18.3 Å². The zero-order chi connectivity index (χ0) is 9.28. The summed E-state index contributed by atoms with van der Waals surface area (Å²) in [6.45, 7) is 8.71. The minimum Gasteiger partial charge on any atom is -0.207 e. The van der Waals surface area contributed by atoms with Crippen LogP contribution in [0.4, 0.5) is 8.78 Å². The Balaban J connectivity index is 4.13. The van der Waals surface area contributed by atoms with Gasteiger partial charge in [-0.15, -0.1) is 0 Å². The van der Waals surface area contributed by atoms with Crippen molar-refractivity contribution in [2.24, 2.45) is 11.3 Å². The molecule has 0 amide bonds. The molecule has 0 fully saturated rings. The van der Waals surface area contributed by atoms with E-state index in [9.17, 15) is 8.78 Å². The van der Waals surface area contributed by atoms with Gasteiger partial charge in [0.15, 0.2) is 0 Å². The lowest BCUT2D eigenvalue weighted by Crippen LogP contribution is -2.27. The van der Waals surface area contributed by atoms with Crippen LogP contribution in [-0.2, 0) is 0 Å². The first-order valence-corrected chi connectivity index (χ1v) is 4.03. The molecular formula is C9H18F2. The van der Waals surface area contributed by atoms with Crippen LogP contribution in [0.3, 0.4) is 0 Å². The zero-order valence-corrected chi connectivity index (χ0v) is 8.04. The zero-order valence-electron chi connectivity index (χ0n) is 8.04. The predicted molar refractivity (Wildman–Crippen MR) is 43.9 cm³/mol. The third-order valence-corrected chi connectivity index (χ3v) is 2.33. The average molecular weight is 164 g/mol. The molecule has 0 aromatic carbocycles. The normalized spacial score (nSPS) is 14.2. The molecule has 0 aromatic heterocycles. The van der Waals surface area contributed by atoms with Crippen LogP contribution in [0.1, 0.15) is 41.0 Å². The molecule has 0 N–H and O–H groups in total. The second kappa shape index (κ2) is 3.08. The summed E-state index contributed by atoms with van der Waals surface area (Å²) in [5, 5.41) is 0. The van der Waals surface area contributed by atoms with Crippen LogP contribution >= 0.6 is 0 Å². The molecule has 0 radical (unpaired) electrons. The number of rotatable bonds is 3. The fraction of sp³-hybridized carbons (Fsp3) is 1.00. The molecule has 0 heterocycles. The van der Waals surface area contributed by atoms with Crippen molar-refractivity contribution in [2.45, 2.75) is 47.0 Å². The summed E-state index contributed by atoms with van der Waals surface area (Å²) in [5.74, 6) is -2.23. The first-order chi connectivity index (χ1) is 4.65. The van der Waals surface area contributed by atoms with E-state index < -0.39 is 5.92 Å². The summed E-state index contributed by atoms with van der Waals surface area (Å²) in [5.41, 5.74) is -0.266. The van der Waals surface area contributed by atoms with E-state index in [-0.39, 0.29) is 11.8 Å². The maximum absolute atomic E-state index is 12.6. The van der Waals surface area contributed by atoms with E-state index in [4.69, 9.17) is 0 Å². The van der Waals surface area contributed by atoms with E-state index in [1.54, 1.807) is 0 Å². The lowest BCUT2D eigenvalue weighted by atomic mass is 9.77. The van der Waals surface area contributed by atoms with E-state index in [0.717, 1.165) is 6.92 Å². The van der Waals surface area contributed by atoms with Crippen molar-refractivity contribution in [3.8, 4) is 0 Å². The number of alkyl halides is 2. The van der Waals surface area contributed by atoms with E-state index >= 15 is 0 Å². The summed E-state index contributed by atoms with van der Waals surface area (Å²) < 4.78 is 25.2. The Kier molecular flexibility index (Phi) is 3.04. The Labute approximate surface area is 68.0 Å². The SMILES string of the molecule is CC(C)C(C)(C)CC(C)(F)F. The Morgan fingerprint density at radius 3 is 1.55 bits per heavy atom. The van der Waals surface area contributed by atoms with Gasteiger partial charge in [0, 0.05) is 6.42 Å². The van der Waals surface area contributed by atoms with Crippen molar-refractivity contribution in [1.29, 1.82) is 0 Å². The molecular weight excluding hydrogens is 146 g/mol. The smallest absolute Gasteiger partial charge is 0.207 e. The number of hydrogen-bond donors (Lipinski definition) is 0. The van der Waals surface area contributed by atoms with Gasteiger partial charge in [0.05, 0.1) is 0 Å². The van der Waals surface area contributed by atoms with Gasteiger partial charge in [0.2, 0.25) is 5.92 Å². The van der Waals surface area contributed by atoms with E-state index in [2.05, 4.69) is 0 Å². The first kappa shape index (κ1) is 10.9. The van der Waals surface area contributed by atoms with E-state index in [1.807, 2.05) is 27.7 Å². The number of halogens is 2. The largest absolute Gasteiger partial charge is 0.245 e. The molecule has 0 aliphatic heterocycles. The topological polar surface area (TPSA) is 0 Å². The molecule has 2 heteroatoms. The molecule has 0 saturated heterocycles. The molecule has 0 nitrogen and oxygen atoms in total. The van der Waals surface area contributed by atoms with Crippen LogP contribution in [-0.4, -0.2) is 5.92 Å². The lowest BCUT2D eigenvalue weighted by molar-refractivity contribution is -0.0322. The predicted octanol–water partition coefficient (Wildman–Crippen LogP) is 3.71. The first-order valence-electron chi connectivity index (χ1n) is 4.03. The van der Waals surface area contributed by atoms with Crippen LogP contribution in [0, 0.1) is 11.3 Å². The molecule has 0 aliphatic rings. The van der Waals surface area contributed by atoms with E-state index in [1.165, 1.54) is 0 Å². The Morgan fingerprint density at radius 1 is 1.09 bits per heavy atom. The molecule has 0 aromatic rings. The Bertz CT molecular complexity index is 120. The quantitative estimate of drug-likeness (QED) is 0.596. The van der Waals surface area contributed by atoms with E-state index in [0.29, 0.717) is 5.92 Å². The van der Waals surface area contributed by atoms with Gasteiger partial charge in [-0.2, -0.15) is 0 Å². The summed E-state index contributed by atoms with van der Waals surface area (Å²) >= 11 is 0. The van der Waals surface area contributed by atoms with Crippen LogP contribution < -0.4 is 0 Å². The van der Waals surface area contributed by atoms with Gasteiger partial charge in [0.25, 0.3) is 0 Å². The lowest BCUT2D eigenvalue weighted by Gasteiger charge is -2.31. The Hall–Kier alpha value is -0.140. The summed E-state index contributed by atoms with van der Waals surface area (Å²) in [7, 11) is 0. The van der Waals surface area contributed by atoms with Gasteiger partial charge in [0.1, 0.15) is 0 Å². The highest BCUT2D eigenvalue weighted by Crippen LogP contribution is 2.37. The molecule has 0 rings (SSSR count). The van der Waals surface area contributed by atoms with Crippen molar-refractivity contribution in [1.82, 2.24) is 0 Å². The van der Waals surface area contributed by atoms with Crippen molar-refractivity contribution < 1.29 is 8.78 Å². The average Bonchev–Trinajstić information content (AvgIpc) is 1.56. The van der Waals surface area contributed by atoms with Crippen molar-refractivity contribution in [3.05, 3.63) is 0 Å². The minimum absolute atomic E-state index is 0.0301. The molecule has 0 unspecified atom stereocenters. The maximum atomic E-state index is 12.6. The van der Waals surface area contributed by atoms with Gasteiger partial charge in [-0.3, -0.25) is 0 Å². The van der Waals surface area contributed by atoms with Gasteiger partial charge in [-0.25, -0.2) is 8.78 Å². The van der Waals surface area contributed by atoms with Gasteiger partial charge in [-0.1, -0.05) is 27.7 Å². The van der Waals surface area contributed by atoms with Gasteiger partial charge >= 0.3 is 0 Å². The molecule has 0 spiro atoms. The number of hydrogen-bond acceptors (Lipinski definition) is 0. The van der Waals surface area contributed by atoms with Crippen molar-refractivity contribution in [3.63, 3.8) is 0 Å². The molecule has 11 heavy (non-hydrogen) atoms. The molecule has 68 valence electrons. The third kappa shape index (κ3) is 4.33. The second-order valence-electron chi connectivity index (χ2n) is 4.39.